The lowest BCUT2D eigenvalue weighted by molar-refractivity contribution is -0.137. The van der Waals surface area contributed by atoms with E-state index in [-0.39, 0.29) is 18.2 Å². The van der Waals surface area contributed by atoms with Gasteiger partial charge in [-0.05, 0) is 68.8 Å². The second kappa shape index (κ2) is 11.1. The van der Waals surface area contributed by atoms with E-state index in [1.807, 2.05) is 19.2 Å². The molecule has 10 nitrogen and oxygen atoms in total. The van der Waals surface area contributed by atoms with Crippen LogP contribution in [0.4, 0.5) is 0 Å². The number of hydrogen-bond donors (Lipinski definition) is 3. The van der Waals surface area contributed by atoms with Crippen LogP contribution in [0.5, 0.6) is 0 Å². The van der Waals surface area contributed by atoms with Crippen LogP contribution < -0.4 is 11.1 Å². The Labute approximate surface area is 232 Å². The number of fused-ring (bicyclic) bond motifs is 1. The average molecular weight is 563 g/mol. The van der Waals surface area contributed by atoms with Crippen LogP contribution in [-0.2, 0) is 9.59 Å². The number of rotatable bonds is 9. The van der Waals surface area contributed by atoms with Crippen molar-refractivity contribution in [3.63, 3.8) is 0 Å². The predicted octanol–water partition coefficient (Wildman–Crippen LogP) is 2.89. The van der Waals surface area contributed by atoms with Crippen LogP contribution in [-0.4, -0.2) is 82.1 Å². The molecule has 3 atom stereocenters. The number of carboxylic acid groups (broad SMARTS) is 1. The lowest BCUT2D eigenvalue weighted by atomic mass is 9.80. The molecule has 4 heterocycles. The van der Waals surface area contributed by atoms with E-state index in [2.05, 4.69) is 20.2 Å². The first-order chi connectivity index (χ1) is 18.2. The zero-order valence-electron chi connectivity index (χ0n) is 21.3. The third-order valence-corrected chi connectivity index (χ3v) is 8.49. The highest BCUT2D eigenvalue weighted by Crippen LogP contribution is 2.36. The van der Waals surface area contributed by atoms with Crippen molar-refractivity contribution in [3.8, 4) is 0 Å². The summed E-state index contributed by atoms with van der Waals surface area (Å²) in [4.78, 5) is 32.6. The Balaban J connectivity index is 1.25. The number of hydrazone groups is 1. The smallest absolute Gasteiger partial charge is 0.303 e. The van der Waals surface area contributed by atoms with Crippen LogP contribution in [0.25, 0.3) is 0 Å². The number of nitrogens with one attached hydrogen (secondary N) is 1. The van der Waals surface area contributed by atoms with E-state index < -0.39 is 17.9 Å². The molecule has 0 saturated carbocycles. The van der Waals surface area contributed by atoms with Gasteiger partial charge >= 0.3 is 5.97 Å². The lowest BCUT2D eigenvalue weighted by Crippen LogP contribution is -2.54. The SMILES string of the molecule is CC(c1ccc(Cl)cc1Cl)N1N=C(C(N)=O)C2NC=C(N3CC(C4CCCN(CCCC(=O)O)C4)C3)N=C21. The maximum Gasteiger partial charge on any atom is 0.303 e. The third kappa shape index (κ3) is 5.48. The first-order valence-electron chi connectivity index (χ1n) is 13.1. The summed E-state index contributed by atoms with van der Waals surface area (Å²) < 4.78 is 0. The number of nitrogens with zero attached hydrogens (tertiary/aromatic N) is 5. The number of likely N-dealkylation sites (tertiary alicyclic amines) is 2. The Kier molecular flexibility index (Phi) is 7.83. The van der Waals surface area contributed by atoms with Gasteiger partial charge in [0.05, 0.1) is 6.04 Å². The maximum absolute atomic E-state index is 12.2. The van der Waals surface area contributed by atoms with Gasteiger partial charge in [0.15, 0.2) is 11.5 Å². The monoisotopic (exact) mass is 561 g/mol. The number of aliphatic imine (C=N–C) groups is 1. The van der Waals surface area contributed by atoms with Crippen molar-refractivity contribution in [3.05, 3.63) is 45.8 Å². The van der Waals surface area contributed by atoms with E-state index >= 15 is 0 Å². The molecule has 3 unspecified atom stereocenters. The molecule has 204 valence electrons. The summed E-state index contributed by atoms with van der Waals surface area (Å²) >= 11 is 12.6. The van der Waals surface area contributed by atoms with Crippen LogP contribution in [0, 0.1) is 11.8 Å². The summed E-state index contributed by atoms with van der Waals surface area (Å²) in [5.74, 6) is 1.26. The number of benzene rings is 1. The first kappa shape index (κ1) is 26.8. The minimum atomic E-state index is -0.730. The second-order valence-corrected chi connectivity index (χ2v) is 11.3. The summed E-state index contributed by atoms with van der Waals surface area (Å²) in [7, 11) is 0. The third-order valence-electron chi connectivity index (χ3n) is 7.93. The zero-order valence-corrected chi connectivity index (χ0v) is 22.8. The molecule has 4 N–H and O–H groups in total. The Hall–Kier alpha value is -2.82. The molecule has 1 amide bonds. The highest BCUT2D eigenvalue weighted by atomic mass is 35.5. The molecule has 4 aliphatic heterocycles. The van der Waals surface area contributed by atoms with E-state index in [1.54, 1.807) is 17.1 Å². The van der Waals surface area contributed by atoms with Gasteiger partial charge in [-0.3, -0.25) is 9.59 Å². The number of carbonyl (C=O) groups excluding carboxylic acids is 1. The highest BCUT2D eigenvalue weighted by Gasteiger charge is 2.43. The fourth-order valence-electron chi connectivity index (χ4n) is 5.80. The number of amidine groups is 1. The van der Waals surface area contributed by atoms with Gasteiger partial charge in [-0.1, -0.05) is 29.3 Å². The Morgan fingerprint density at radius 1 is 1.24 bits per heavy atom. The van der Waals surface area contributed by atoms with E-state index in [0.717, 1.165) is 50.5 Å². The molecule has 2 fully saturated rings. The lowest BCUT2D eigenvalue weighted by Gasteiger charge is -2.48. The van der Waals surface area contributed by atoms with Gasteiger partial charge in [-0.25, -0.2) is 10.0 Å². The molecule has 0 aliphatic carbocycles. The van der Waals surface area contributed by atoms with Crippen molar-refractivity contribution in [2.24, 2.45) is 27.7 Å². The molecule has 12 heteroatoms. The van der Waals surface area contributed by atoms with Crippen LogP contribution in [0.3, 0.4) is 0 Å². The summed E-state index contributed by atoms with van der Waals surface area (Å²) in [5, 5.41) is 19.5. The maximum atomic E-state index is 12.2. The number of nitrogens with two attached hydrogens (primary N) is 1. The minimum absolute atomic E-state index is 0.211. The van der Waals surface area contributed by atoms with Gasteiger partial charge in [0.1, 0.15) is 11.9 Å². The molecule has 0 radical (unpaired) electrons. The van der Waals surface area contributed by atoms with E-state index in [0.29, 0.717) is 34.1 Å². The largest absolute Gasteiger partial charge is 0.481 e. The summed E-state index contributed by atoms with van der Waals surface area (Å²) in [6, 6.07) is 4.50. The van der Waals surface area contributed by atoms with E-state index in [9.17, 15) is 9.59 Å². The number of halogens is 2. The number of aliphatic carboxylic acids is 1. The number of primary amides is 1. The van der Waals surface area contributed by atoms with Gasteiger partial charge in [-0.15, -0.1) is 0 Å². The molecular formula is C26H33Cl2N7O3. The summed E-state index contributed by atoms with van der Waals surface area (Å²) in [6.07, 6.45) is 5.11. The van der Waals surface area contributed by atoms with Crippen molar-refractivity contribution < 1.29 is 14.7 Å². The molecule has 5 rings (SSSR count). The molecule has 1 aromatic carbocycles. The van der Waals surface area contributed by atoms with E-state index in [1.165, 1.54) is 6.42 Å². The van der Waals surface area contributed by atoms with Crippen LogP contribution in [0.1, 0.15) is 44.2 Å². The van der Waals surface area contributed by atoms with E-state index in [4.69, 9.17) is 39.0 Å². The molecule has 0 bridgehead atoms. The molecular weight excluding hydrogens is 529 g/mol. The fraction of sp³-hybridized carbons (Fsp3) is 0.538. The van der Waals surface area contributed by atoms with Crippen molar-refractivity contribution in [2.75, 3.05) is 32.7 Å². The fourth-order valence-corrected chi connectivity index (χ4v) is 6.36. The number of piperidine rings is 1. The Morgan fingerprint density at radius 3 is 2.74 bits per heavy atom. The van der Waals surface area contributed by atoms with Crippen LogP contribution >= 0.6 is 23.2 Å². The number of hydrogen-bond acceptors (Lipinski definition) is 8. The van der Waals surface area contributed by atoms with Crippen molar-refractivity contribution in [1.29, 1.82) is 0 Å². The molecule has 2 saturated heterocycles. The molecule has 0 aromatic heterocycles. The molecule has 38 heavy (non-hydrogen) atoms. The first-order valence-corrected chi connectivity index (χ1v) is 13.8. The van der Waals surface area contributed by atoms with Gasteiger partial charge in [0.25, 0.3) is 5.91 Å². The number of carbonyl (C=O) groups is 2. The Bertz CT molecular complexity index is 1200. The average Bonchev–Trinajstić information content (AvgIpc) is 3.22. The van der Waals surface area contributed by atoms with Crippen molar-refractivity contribution in [2.45, 2.75) is 44.7 Å². The minimum Gasteiger partial charge on any atom is -0.481 e. The van der Waals surface area contributed by atoms with Gasteiger partial charge in [0.2, 0.25) is 0 Å². The number of amides is 1. The number of carboxylic acids is 1. The quantitative estimate of drug-likeness (QED) is 0.423. The summed E-state index contributed by atoms with van der Waals surface area (Å²) in [6.45, 7) is 6.68. The predicted molar refractivity (Wildman–Crippen MR) is 147 cm³/mol. The molecule has 0 spiro atoms. The van der Waals surface area contributed by atoms with Crippen molar-refractivity contribution >= 4 is 46.6 Å². The highest BCUT2D eigenvalue weighted by molar-refractivity contribution is 6.46. The second-order valence-electron chi connectivity index (χ2n) is 10.5. The standard InChI is InChI=1S/C26H33Cl2N7O3/c1-15(19-7-6-18(27)10-20(19)28)35-26-24(23(32-35)25(29)38)30-11-21(31-26)34-13-17(14-34)16-4-2-8-33(12-16)9-3-5-22(36)37/h6-7,10-11,15-17,24,30H,2-5,8-9,12-14H2,1H3,(H2,29,38)(H,36,37). The molecule has 1 aromatic rings. The normalized spacial score (nSPS) is 24.6. The molecule has 4 aliphatic rings. The van der Waals surface area contributed by atoms with Crippen molar-refractivity contribution in [1.82, 2.24) is 20.1 Å². The summed E-state index contributed by atoms with van der Waals surface area (Å²) in [5.41, 5.74) is 6.67. The van der Waals surface area contributed by atoms with Gasteiger partial charge in [-0.2, -0.15) is 5.10 Å². The van der Waals surface area contributed by atoms with Crippen LogP contribution in [0.2, 0.25) is 10.0 Å². The van der Waals surface area contributed by atoms with Gasteiger partial charge < -0.3 is 26.0 Å². The topological polar surface area (TPSA) is 127 Å². The zero-order chi connectivity index (χ0) is 27.0. The van der Waals surface area contributed by atoms with Gasteiger partial charge in [0, 0.05) is 42.3 Å². The Morgan fingerprint density at radius 2 is 2.03 bits per heavy atom. The van der Waals surface area contributed by atoms with Crippen LogP contribution in [0.15, 0.2) is 40.3 Å².